The van der Waals surface area contributed by atoms with Gasteiger partial charge in [-0.25, -0.2) is 19.2 Å². The smallest absolute Gasteiger partial charge is 0.407 e. The summed E-state index contributed by atoms with van der Waals surface area (Å²) < 4.78 is 17.6. The molecule has 2 aromatic carbocycles. The monoisotopic (exact) mass is 680 g/mol. The van der Waals surface area contributed by atoms with Crippen molar-refractivity contribution in [2.75, 3.05) is 36.4 Å². The molecule has 8 rings (SSSR count). The minimum atomic E-state index is -1.05. The summed E-state index contributed by atoms with van der Waals surface area (Å²) in [6.45, 7) is 2.96. The number of alkyl halides is 1. The highest BCUT2D eigenvalue weighted by Gasteiger charge is 2.42. The third-order valence-electron chi connectivity index (χ3n) is 9.23. The van der Waals surface area contributed by atoms with E-state index >= 15 is 0 Å². The van der Waals surface area contributed by atoms with Gasteiger partial charge in [0.25, 0.3) is 5.91 Å². The number of anilines is 2. The van der Waals surface area contributed by atoms with E-state index in [2.05, 4.69) is 20.2 Å². The summed E-state index contributed by atoms with van der Waals surface area (Å²) in [6.07, 6.45) is 3.07. The van der Waals surface area contributed by atoms with E-state index in [1.54, 1.807) is 34.7 Å². The summed E-state index contributed by atoms with van der Waals surface area (Å²) in [7, 11) is 0. The standard InChI is InChI=1S/C31H27Cl2FN8O3S/c32-23-8-21(16-1-3-20(4-2-16)39-9-17-11-40(31(44)45)12-18(17)10-39)25(33)26-22(23)14-42(38-26)28(29(43)37-30-35-5-6-46-30)27-24-7-19(34)13-41(24)15-36-27/h1-6,8,14-15,17-19,28H,7,9-13H2,(H,44,45)(H,35,37,43)/t17-,18+,19?,28?. The zero-order valence-corrected chi connectivity index (χ0v) is 26.5. The normalized spacial score (nSPS) is 21.2. The lowest BCUT2D eigenvalue weighted by atomic mass is 10.0. The van der Waals surface area contributed by atoms with Crippen LogP contribution in [0.2, 0.25) is 10.0 Å². The minimum absolute atomic E-state index is 0.151. The number of hydrogen-bond acceptors (Lipinski definition) is 7. The highest BCUT2D eigenvalue weighted by atomic mass is 35.5. The Morgan fingerprint density at radius 1 is 1.07 bits per heavy atom. The van der Waals surface area contributed by atoms with Gasteiger partial charge in [0.15, 0.2) is 11.2 Å². The molecule has 3 aliphatic rings. The molecule has 3 aliphatic heterocycles. The largest absolute Gasteiger partial charge is 0.465 e. The van der Waals surface area contributed by atoms with Gasteiger partial charge in [0.05, 0.1) is 28.6 Å². The molecular weight excluding hydrogens is 654 g/mol. The summed E-state index contributed by atoms with van der Waals surface area (Å²) in [4.78, 5) is 37.6. The molecule has 3 aromatic heterocycles. The summed E-state index contributed by atoms with van der Waals surface area (Å²) in [5.74, 6) is 0.239. The van der Waals surface area contributed by atoms with Gasteiger partial charge in [0, 0.05) is 84.5 Å². The van der Waals surface area contributed by atoms with Crippen LogP contribution >= 0.6 is 34.5 Å². The number of carbonyl (C=O) groups excluding carboxylic acids is 1. The molecule has 5 aromatic rings. The molecule has 46 heavy (non-hydrogen) atoms. The Kier molecular flexibility index (Phi) is 7.14. The van der Waals surface area contributed by atoms with Crippen molar-refractivity contribution in [1.29, 1.82) is 0 Å². The number of hydrogen-bond donors (Lipinski definition) is 2. The predicted molar refractivity (Wildman–Crippen MR) is 174 cm³/mol. The molecule has 6 heterocycles. The number of rotatable bonds is 6. The van der Waals surface area contributed by atoms with Gasteiger partial charge in [-0.3, -0.25) is 14.8 Å². The fourth-order valence-electron chi connectivity index (χ4n) is 7.03. The number of carbonyl (C=O) groups is 2. The van der Waals surface area contributed by atoms with Gasteiger partial charge in [-0.05, 0) is 23.8 Å². The number of likely N-dealkylation sites (tertiary alicyclic amines) is 1. The van der Waals surface area contributed by atoms with Crippen LogP contribution in [0.25, 0.3) is 22.0 Å². The summed E-state index contributed by atoms with van der Waals surface area (Å²) in [5, 5.41) is 20.5. The average Bonchev–Trinajstić information content (AvgIpc) is 3.86. The maximum absolute atomic E-state index is 14.3. The number of imidazole rings is 1. The molecule has 2 N–H and O–H groups in total. The molecule has 2 fully saturated rings. The van der Waals surface area contributed by atoms with E-state index in [0.29, 0.717) is 68.0 Å². The van der Waals surface area contributed by atoms with Crippen LogP contribution in [0.1, 0.15) is 17.4 Å². The molecule has 11 nitrogen and oxygen atoms in total. The second-order valence-electron chi connectivity index (χ2n) is 12.0. The lowest BCUT2D eigenvalue weighted by Crippen LogP contribution is -2.32. The molecule has 15 heteroatoms. The van der Waals surface area contributed by atoms with Gasteiger partial charge in [0.2, 0.25) is 0 Å². The molecule has 4 atom stereocenters. The van der Waals surface area contributed by atoms with E-state index in [-0.39, 0.29) is 13.0 Å². The number of halogens is 3. The third-order valence-corrected chi connectivity index (χ3v) is 10.6. The first-order chi connectivity index (χ1) is 22.2. The van der Waals surface area contributed by atoms with Crippen molar-refractivity contribution in [1.82, 2.24) is 29.2 Å². The number of fused-ring (bicyclic) bond motifs is 3. The van der Waals surface area contributed by atoms with E-state index < -0.39 is 24.2 Å². The first-order valence-electron chi connectivity index (χ1n) is 14.8. The Labute approximate surface area is 276 Å². The van der Waals surface area contributed by atoms with Crippen molar-refractivity contribution in [3.05, 3.63) is 75.9 Å². The zero-order chi connectivity index (χ0) is 31.7. The van der Waals surface area contributed by atoms with Crippen LogP contribution in [0.15, 0.2) is 54.4 Å². The van der Waals surface area contributed by atoms with Gasteiger partial charge in [-0.2, -0.15) is 5.10 Å². The molecule has 236 valence electrons. The second-order valence-corrected chi connectivity index (χ2v) is 13.7. The number of aromatic nitrogens is 5. The quantitative estimate of drug-likeness (QED) is 0.231. The maximum atomic E-state index is 14.3. The molecule has 0 saturated carbocycles. The van der Waals surface area contributed by atoms with Crippen molar-refractivity contribution in [3.8, 4) is 11.1 Å². The number of carboxylic acid groups (broad SMARTS) is 1. The summed E-state index contributed by atoms with van der Waals surface area (Å²) >= 11 is 15.1. The molecule has 0 spiro atoms. The SMILES string of the molecule is O=C(Nc1nccs1)C(c1ncn2c1CC(F)C2)n1cc2c(Cl)cc(-c3ccc(N4C[C@H]5CN(C(=O)O)C[C@H]5C4)cc3)c(Cl)c2n1. The molecular formula is C31H27Cl2FN8O3S. The molecule has 2 saturated heterocycles. The highest BCUT2D eigenvalue weighted by molar-refractivity contribution is 7.13. The van der Waals surface area contributed by atoms with E-state index in [1.165, 1.54) is 20.9 Å². The van der Waals surface area contributed by atoms with Crippen molar-refractivity contribution in [3.63, 3.8) is 0 Å². The first kappa shape index (κ1) is 29.2. The van der Waals surface area contributed by atoms with Crippen LogP contribution in [-0.2, 0) is 17.8 Å². The maximum Gasteiger partial charge on any atom is 0.407 e. The van der Waals surface area contributed by atoms with Gasteiger partial charge < -0.3 is 19.5 Å². The first-order valence-corrected chi connectivity index (χ1v) is 16.5. The lowest BCUT2D eigenvalue weighted by molar-refractivity contribution is -0.118. The van der Waals surface area contributed by atoms with E-state index in [0.717, 1.165) is 24.3 Å². The Morgan fingerprint density at radius 2 is 1.83 bits per heavy atom. The fourth-order valence-corrected chi connectivity index (χ4v) is 8.11. The number of thiazole rings is 1. The van der Waals surface area contributed by atoms with Gasteiger partial charge in [0.1, 0.15) is 11.7 Å². The van der Waals surface area contributed by atoms with Crippen LogP contribution in [0.5, 0.6) is 0 Å². The minimum Gasteiger partial charge on any atom is -0.465 e. The van der Waals surface area contributed by atoms with Gasteiger partial charge in [-0.1, -0.05) is 35.3 Å². The number of nitrogens with zero attached hydrogens (tertiary/aromatic N) is 7. The Hall–Kier alpha value is -4.20. The second kappa shape index (κ2) is 11.2. The van der Waals surface area contributed by atoms with Crippen molar-refractivity contribution in [2.45, 2.75) is 25.2 Å². The summed E-state index contributed by atoms with van der Waals surface area (Å²) in [6, 6.07) is 8.82. The van der Waals surface area contributed by atoms with Crippen LogP contribution in [0, 0.1) is 11.8 Å². The van der Waals surface area contributed by atoms with E-state index in [1.807, 2.05) is 24.3 Å². The van der Waals surface area contributed by atoms with Gasteiger partial charge in [-0.15, -0.1) is 11.3 Å². The van der Waals surface area contributed by atoms with Crippen molar-refractivity contribution in [2.24, 2.45) is 11.8 Å². The van der Waals surface area contributed by atoms with Crippen LogP contribution < -0.4 is 10.2 Å². The summed E-state index contributed by atoms with van der Waals surface area (Å²) in [5.41, 5.74) is 4.08. The Bertz CT molecular complexity index is 1970. The highest BCUT2D eigenvalue weighted by Crippen LogP contribution is 2.41. The molecule has 0 bridgehead atoms. The van der Waals surface area contributed by atoms with Crippen LogP contribution in [0.3, 0.4) is 0 Å². The molecule has 0 radical (unpaired) electrons. The average molecular weight is 682 g/mol. The third kappa shape index (κ3) is 4.97. The molecule has 2 unspecified atom stereocenters. The number of nitrogens with one attached hydrogen (secondary N) is 1. The van der Waals surface area contributed by atoms with Crippen molar-refractivity contribution < 1.29 is 19.1 Å². The molecule has 2 amide bonds. The van der Waals surface area contributed by atoms with E-state index in [9.17, 15) is 19.1 Å². The Morgan fingerprint density at radius 3 is 2.52 bits per heavy atom. The zero-order valence-electron chi connectivity index (χ0n) is 24.2. The van der Waals surface area contributed by atoms with Gasteiger partial charge >= 0.3 is 6.09 Å². The van der Waals surface area contributed by atoms with Crippen LogP contribution in [0.4, 0.5) is 20.0 Å². The Balaban J connectivity index is 1.11. The fraction of sp³-hybridized carbons (Fsp3) is 0.323. The lowest BCUT2D eigenvalue weighted by Gasteiger charge is -2.22. The topological polar surface area (TPSA) is 121 Å². The van der Waals surface area contributed by atoms with Crippen molar-refractivity contribution >= 4 is 68.3 Å². The van der Waals surface area contributed by atoms with E-state index in [4.69, 9.17) is 28.3 Å². The molecule has 0 aliphatic carbocycles. The number of amides is 2. The number of benzene rings is 2. The van der Waals surface area contributed by atoms with Crippen LogP contribution in [-0.4, -0.2) is 78.7 Å². The predicted octanol–water partition coefficient (Wildman–Crippen LogP) is 5.83.